The van der Waals surface area contributed by atoms with Crippen LogP contribution in [-0.2, 0) is 0 Å². The minimum atomic E-state index is -0.648. The molecule has 82 valence electrons. The molecule has 0 unspecified atom stereocenters. The van der Waals surface area contributed by atoms with E-state index in [1.807, 2.05) is 0 Å². The summed E-state index contributed by atoms with van der Waals surface area (Å²) in [6.07, 6.45) is 0. The highest BCUT2D eigenvalue weighted by Gasteiger charge is 2.12. The Bertz CT molecular complexity index is 368. The van der Waals surface area contributed by atoms with E-state index in [0.717, 1.165) is 0 Å². The van der Waals surface area contributed by atoms with E-state index >= 15 is 0 Å². The van der Waals surface area contributed by atoms with Gasteiger partial charge in [-0.2, -0.15) is 0 Å². The van der Waals surface area contributed by atoms with E-state index in [1.165, 1.54) is 25.1 Å². The molecule has 0 spiro atoms. The number of anilines is 1. The Labute approximate surface area is 86.9 Å². The second-order valence-corrected chi connectivity index (χ2v) is 3.30. The molecule has 0 aromatic heterocycles. The number of carbonyl (C=O) groups is 1. The molecule has 0 bridgehead atoms. The molecule has 0 saturated carbocycles. The molecule has 0 fully saturated rings. The largest absolute Gasteiger partial charge is 0.508 e. The number of alkyl halides is 1. The molecule has 0 aliphatic rings. The van der Waals surface area contributed by atoms with Crippen LogP contribution in [0.1, 0.15) is 17.3 Å². The first kappa shape index (κ1) is 11.3. The Kier molecular flexibility index (Phi) is 3.49. The van der Waals surface area contributed by atoms with Crippen molar-refractivity contribution in [3.63, 3.8) is 0 Å². The van der Waals surface area contributed by atoms with Crippen molar-refractivity contribution >= 4 is 11.6 Å². The van der Waals surface area contributed by atoms with Crippen molar-refractivity contribution in [3.8, 4) is 5.75 Å². The van der Waals surface area contributed by atoms with Gasteiger partial charge in [-0.3, -0.25) is 4.79 Å². The normalized spacial score (nSPS) is 12.1. The number of halogens is 1. The number of hydrogen-bond acceptors (Lipinski definition) is 3. The molecule has 4 nitrogen and oxygen atoms in total. The van der Waals surface area contributed by atoms with Crippen LogP contribution < -0.4 is 11.1 Å². The maximum absolute atomic E-state index is 12.1. The van der Waals surface area contributed by atoms with Gasteiger partial charge in [-0.25, -0.2) is 4.39 Å². The lowest BCUT2D eigenvalue weighted by Gasteiger charge is -2.11. The Morgan fingerprint density at radius 2 is 2.33 bits per heavy atom. The van der Waals surface area contributed by atoms with Crippen molar-refractivity contribution in [2.24, 2.45) is 0 Å². The van der Waals surface area contributed by atoms with Gasteiger partial charge in [0.2, 0.25) is 0 Å². The zero-order valence-corrected chi connectivity index (χ0v) is 8.33. The fourth-order valence-electron chi connectivity index (χ4n) is 1.08. The first-order valence-electron chi connectivity index (χ1n) is 4.50. The average molecular weight is 212 g/mol. The van der Waals surface area contributed by atoms with Gasteiger partial charge in [0.1, 0.15) is 12.4 Å². The van der Waals surface area contributed by atoms with Crippen LogP contribution >= 0.6 is 0 Å². The van der Waals surface area contributed by atoms with E-state index in [-0.39, 0.29) is 17.0 Å². The van der Waals surface area contributed by atoms with E-state index < -0.39 is 18.6 Å². The molecule has 0 radical (unpaired) electrons. The molecule has 0 heterocycles. The lowest BCUT2D eigenvalue weighted by atomic mass is 10.1. The highest BCUT2D eigenvalue weighted by atomic mass is 19.1. The molecule has 0 aliphatic carbocycles. The van der Waals surface area contributed by atoms with Gasteiger partial charge in [-0.05, 0) is 25.1 Å². The Hall–Kier alpha value is -1.78. The third kappa shape index (κ3) is 2.83. The summed E-state index contributed by atoms with van der Waals surface area (Å²) in [5, 5.41) is 11.6. The number of rotatable bonds is 3. The summed E-state index contributed by atoms with van der Waals surface area (Å²) < 4.78 is 12.1. The topological polar surface area (TPSA) is 75.3 Å². The summed E-state index contributed by atoms with van der Waals surface area (Å²) in [6, 6.07) is 3.48. The number of hydrogen-bond donors (Lipinski definition) is 3. The van der Waals surface area contributed by atoms with Crippen molar-refractivity contribution in [3.05, 3.63) is 23.8 Å². The summed E-state index contributed by atoms with van der Waals surface area (Å²) >= 11 is 0. The lowest BCUT2D eigenvalue weighted by molar-refractivity contribution is 0.0934. The zero-order chi connectivity index (χ0) is 11.4. The quantitative estimate of drug-likeness (QED) is 0.518. The summed E-state index contributed by atoms with van der Waals surface area (Å²) in [7, 11) is 0. The van der Waals surface area contributed by atoms with Gasteiger partial charge < -0.3 is 16.2 Å². The predicted molar refractivity (Wildman–Crippen MR) is 55.4 cm³/mol. The second kappa shape index (κ2) is 4.63. The van der Waals surface area contributed by atoms with Crippen LogP contribution in [0.25, 0.3) is 0 Å². The van der Waals surface area contributed by atoms with Gasteiger partial charge in [0.05, 0.1) is 11.6 Å². The van der Waals surface area contributed by atoms with Crippen LogP contribution in [0.5, 0.6) is 5.75 Å². The van der Waals surface area contributed by atoms with Gasteiger partial charge >= 0.3 is 0 Å². The van der Waals surface area contributed by atoms with Gasteiger partial charge in [0.25, 0.3) is 5.91 Å². The lowest BCUT2D eigenvalue weighted by Crippen LogP contribution is -2.34. The number of nitrogens with one attached hydrogen (secondary N) is 1. The minimum Gasteiger partial charge on any atom is -0.508 e. The molecule has 4 N–H and O–H groups in total. The Morgan fingerprint density at radius 1 is 1.67 bits per heavy atom. The van der Waals surface area contributed by atoms with E-state index in [1.54, 1.807) is 0 Å². The summed E-state index contributed by atoms with van der Waals surface area (Å²) in [4.78, 5) is 11.5. The van der Waals surface area contributed by atoms with Crippen LogP contribution in [0.2, 0.25) is 0 Å². The van der Waals surface area contributed by atoms with Crippen LogP contribution in [0.4, 0.5) is 10.1 Å². The average Bonchev–Trinajstić information content (AvgIpc) is 2.21. The predicted octanol–water partition coefficient (Wildman–Crippen LogP) is 1.06. The molecule has 1 amide bonds. The smallest absolute Gasteiger partial charge is 0.253 e. The number of benzene rings is 1. The van der Waals surface area contributed by atoms with E-state index in [0.29, 0.717) is 0 Å². The third-order valence-corrected chi connectivity index (χ3v) is 1.89. The van der Waals surface area contributed by atoms with Crippen LogP contribution in [0, 0.1) is 0 Å². The number of carbonyl (C=O) groups excluding carboxylic acids is 1. The molecule has 1 atom stereocenters. The molecule has 0 aliphatic heterocycles. The van der Waals surface area contributed by atoms with Crippen LogP contribution in [0.3, 0.4) is 0 Å². The van der Waals surface area contributed by atoms with Gasteiger partial charge in [0.15, 0.2) is 0 Å². The Balaban J connectivity index is 2.86. The SMILES string of the molecule is C[C@H](CF)NC(=O)c1cc(O)ccc1N. The number of phenolic OH excluding ortho intramolecular Hbond substituents is 1. The number of nitrogen functional groups attached to an aromatic ring is 1. The standard InChI is InChI=1S/C10H13FN2O2/c1-6(5-11)13-10(15)8-4-7(14)2-3-9(8)12/h2-4,6,14H,5,12H2,1H3,(H,13,15)/t6-/m1/s1. The van der Waals surface area contributed by atoms with Gasteiger partial charge in [0, 0.05) is 5.69 Å². The Morgan fingerprint density at radius 3 is 2.93 bits per heavy atom. The van der Waals surface area contributed by atoms with Crippen LogP contribution in [0.15, 0.2) is 18.2 Å². The van der Waals surface area contributed by atoms with Crippen molar-refractivity contribution in [2.75, 3.05) is 12.4 Å². The first-order chi connectivity index (χ1) is 7.04. The molecule has 0 saturated heterocycles. The summed E-state index contributed by atoms with van der Waals surface area (Å²) in [5.41, 5.74) is 5.94. The second-order valence-electron chi connectivity index (χ2n) is 3.30. The van der Waals surface area contributed by atoms with E-state index in [9.17, 15) is 9.18 Å². The molecule has 1 rings (SSSR count). The van der Waals surface area contributed by atoms with E-state index in [2.05, 4.69) is 5.32 Å². The summed E-state index contributed by atoms with van der Waals surface area (Å²) in [5.74, 6) is -0.546. The molecule has 1 aromatic carbocycles. The van der Waals surface area contributed by atoms with Crippen molar-refractivity contribution in [2.45, 2.75) is 13.0 Å². The van der Waals surface area contributed by atoms with Crippen LogP contribution in [-0.4, -0.2) is 23.7 Å². The fourth-order valence-corrected chi connectivity index (χ4v) is 1.08. The maximum atomic E-state index is 12.1. The highest BCUT2D eigenvalue weighted by Crippen LogP contribution is 2.18. The first-order valence-corrected chi connectivity index (χ1v) is 4.50. The molecular weight excluding hydrogens is 199 g/mol. The fraction of sp³-hybridized carbons (Fsp3) is 0.300. The zero-order valence-electron chi connectivity index (χ0n) is 8.33. The highest BCUT2D eigenvalue weighted by molar-refractivity contribution is 5.99. The molecule has 1 aromatic rings. The van der Waals surface area contributed by atoms with Gasteiger partial charge in [-0.15, -0.1) is 0 Å². The van der Waals surface area contributed by atoms with Crippen molar-refractivity contribution in [1.82, 2.24) is 5.32 Å². The number of aromatic hydroxyl groups is 1. The summed E-state index contributed by atoms with van der Waals surface area (Å²) in [6.45, 7) is 0.890. The van der Waals surface area contributed by atoms with E-state index in [4.69, 9.17) is 10.8 Å². The molecule has 5 heteroatoms. The molecule has 15 heavy (non-hydrogen) atoms. The molecular formula is C10H13FN2O2. The number of phenols is 1. The maximum Gasteiger partial charge on any atom is 0.253 e. The minimum absolute atomic E-state index is 0.0535. The van der Waals surface area contributed by atoms with Gasteiger partial charge in [-0.1, -0.05) is 0 Å². The third-order valence-electron chi connectivity index (χ3n) is 1.89. The number of amides is 1. The number of nitrogens with two attached hydrogens (primary N) is 1. The van der Waals surface area contributed by atoms with Crippen molar-refractivity contribution < 1.29 is 14.3 Å². The monoisotopic (exact) mass is 212 g/mol. The van der Waals surface area contributed by atoms with Crippen molar-refractivity contribution in [1.29, 1.82) is 0 Å².